The van der Waals surface area contributed by atoms with Gasteiger partial charge in [-0.05, 0) is 25.7 Å². The first-order chi connectivity index (χ1) is 11.1. The number of ether oxygens (including phenoxy) is 3. The van der Waals surface area contributed by atoms with Gasteiger partial charge >= 0.3 is 5.97 Å². The molecule has 5 nitrogen and oxygen atoms in total. The highest BCUT2D eigenvalue weighted by Gasteiger charge is 2.23. The van der Waals surface area contributed by atoms with E-state index in [1.807, 2.05) is 0 Å². The zero-order valence-corrected chi connectivity index (χ0v) is 13.5. The first kappa shape index (κ1) is 18.8. The summed E-state index contributed by atoms with van der Waals surface area (Å²) in [5, 5.41) is 9.97. The fraction of sp³-hybridized carbons (Fsp3) is 0.471. The molecule has 0 saturated carbocycles. The molecule has 0 bridgehead atoms. The van der Waals surface area contributed by atoms with E-state index in [1.54, 1.807) is 6.08 Å². The van der Waals surface area contributed by atoms with Crippen LogP contribution in [0, 0.1) is 0 Å². The molecule has 0 aromatic heterocycles. The molecule has 0 aliphatic carbocycles. The van der Waals surface area contributed by atoms with Crippen LogP contribution in [-0.4, -0.2) is 38.1 Å². The summed E-state index contributed by atoms with van der Waals surface area (Å²) in [5.41, 5.74) is -0.141. The van der Waals surface area contributed by atoms with Crippen LogP contribution in [0.4, 0.5) is 4.39 Å². The first-order valence-electron chi connectivity index (χ1n) is 7.40. The number of benzene rings is 1. The number of unbranched alkanes of at least 4 members (excludes halogenated alkanes) is 2. The summed E-state index contributed by atoms with van der Waals surface area (Å²) in [7, 11) is 2.78. The smallest absolute Gasteiger partial charge is 0.346 e. The molecule has 0 fully saturated rings. The lowest BCUT2D eigenvalue weighted by atomic mass is 10.1. The number of phenolic OH excluding ortho intramolecular Hbond substituents is 1. The minimum absolute atomic E-state index is 0.108. The number of esters is 1. The molecule has 0 radical (unpaired) electrons. The maximum atomic E-state index is 13.0. The Morgan fingerprint density at radius 1 is 1.35 bits per heavy atom. The summed E-state index contributed by atoms with van der Waals surface area (Å²) < 4.78 is 28.2. The molecule has 0 amide bonds. The monoisotopic (exact) mass is 326 g/mol. The van der Waals surface area contributed by atoms with Crippen LogP contribution in [0.1, 0.15) is 36.0 Å². The van der Waals surface area contributed by atoms with Gasteiger partial charge in [0.15, 0.2) is 0 Å². The molecule has 1 rings (SSSR count). The summed E-state index contributed by atoms with van der Waals surface area (Å²) in [4.78, 5) is 12.2. The fourth-order valence-electron chi connectivity index (χ4n) is 2.10. The molecule has 1 aromatic carbocycles. The van der Waals surface area contributed by atoms with Crippen LogP contribution < -0.4 is 9.47 Å². The molecule has 1 aromatic rings. The lowest BCUT2D eigenvalue weighted by Gasteiger charge is -2.17. The Morgan fingerprint density at radius 2 is 2.09 bits per heavy atom. The molecule has 0 aliphatic rings. The second-order valence-electron chi connectivity index (χ2n) is 4.98. The number of carbonyl (C=O) groups is 1. The lowest BCUT2D eigenvalue weighted by Crippen LogP contribution is -2.21. The fourth-order valence-corrected chi connectivity index (χ4v) is 2.10. The van der Waals surface area contributed by atoms with Crippen molar-refractivity contribution in [3.63, 3.8) is 0 Å². The minimum atomic E-state index is -0.849. The summed E-state index contributed by atoms with van der Waals surface area (Å²) >= 11 is 0. The highest BCUT2D eigenvalue weighted by atomic mass is 19.1. The van der Waals surface area contributed by atoms with E-state index >= 15 is 0 Å². The highest BCUT2D eigenvalue weighted by Crippen LogP contribution is 2.34. The molecule has 0 heterocycles. The molecule has 0 unspecified atom stereocenters. The zero-order valence-electron chi connectivity index (χ0n) is 13.5. The van der Waals surface area contributed by atoms with Crippen molar-refractivity contribution < 1.29 is 28.5 Å². The number of rotatable bonds is 10. The lowest BCUT2D eigenvalue weighted by molar-refractivity contribution is 0.0206. The van der Waals surface area contributed by atoms with Gasteiger partial charge in [-0.1, -0.05) is 6.08 Å². The summed E-state index contributed by atoms with van der Waals surface area (Å²) in [6.07, 6.45) is 3.76. The Labute approximate surface area is 135 Å². The second-order valence-corrected chi connectivity index (χ2v) is 4.98. The molecule has 1 atom stereocenters. The van der Waals surface area contributed by atoms with Gasteiger partial charge in [0.25, 0.3) is 0 Å². The molecule has 23 heavy (non-hydrogen) atoms. The summed E-state index contributed by atoms with van der Waals surface area (Å²) in [6.45, 7) is 2.84. The van der Waals surface area contributed by atoms with Crippen LogP contribution in [0.2, 0.25) is 0 Å². The second kappa shape index (κ2) is 9.71. The standard InChI is InChI=1S/C17H23FO5/c1-4-5-6-7-8-12(11-18)23-17(20)16-14(19)9-13(21-2)10-15(16)22-3/h4,9-10,12,19H,1,5-8,11H2,2-3H3/t12-/m0/s1. The summed E-state index contributed by atoms with van der Waals surface area (Å²) in [6, 6.07) is 2.72. The van der Waals surface area contributed by atoms with Crippen LogP contribution >= 0.6 is 0 Å². The number of halogens is 1. The van der Waals surface area contributed by atoms with E-state index in [2.05, 4.69) is 6.58 Å². The molecule has 6 heteroatoms. The Morgan fingerprint density at radius 3 is 2.65 bits per heavy atom. The van der Waals surface area contributed by atoms with Gasteiger partial charge in [0.2, 0.25) is 0 Å². The SMILES string of the molecule is C=CCCCC[C@@H](CF)OC(=O)c1c(O)cc(OC)cc1OC. The van der Waals surface area contributed by atoms with E-state index in [9.17, 15) is 14.3 Å². The summed E-state index contributed by atoms with van der Waals surface area (Å²) in [5.74, 6) is -0.720. The quantitative estimate of drug-likeness (QED) is 0.404. The van der Waals surface area contributed by atoms with E-state index in [4.69, 9.17) is 14.2 Å². The van der Waals surface area contributed by atoms with Crippen molar-refractivity contribution in [1.82, 2.24) is 0 Å². The Hall–Kier alpha value is -2.24. The largest absolute Gasteiger partial charge is 0.507 e. The number of methoxy groups -OCH3 is 2. The number of allylic oxidation sites excluding steroid dienone is 1. The van der Waals surface area contributed by atoms with Crippen LogP contribution in [0.25, 0.3) is 0 Å². The van der Waals surface area contributed by atoms with Gasteiger partial charge in [0.1, 0.15) is 35.6 Å². The predicted octanol–water partition coefficient (Wildman–Crippen LogP) is 3.65. The topological polar surface area (TPSA) is 65.0 Å². The molecule has 128 valence electrons. The van der Waals surface area contributed by atoms with Crippen LogP contribution in [0.3, 0.4) is 0 Å². The maximum absolute atomic E-state index is 13.0. The third-order valence-corrected chi connectivity index (χ3v) is 3.34. The number of aromatic hydroxyl groups is 1. The number of hydrogen-bond acceptors (Lipinski definition) is 5. The molecule has 0 spiro atoms. The average Bonchev–Trinajstić information content (AvgIpc) is 2.56. The number of carbonyl (C=O) groups excluding carboxylic acids is 1. The van der Waals surface area contributed by atoms with Crippen molar-refractivity contribution in [2.45, 2.75) is 31.8 Å². The minimum Gasteiger partial charge on any atom is -0.507 e. The van der Waals surface area contributed by atoms with Gasteiger partial charge in [-0.3, -0.25) is 0 Å². The number of phenols is 1. The third-order valence-electron chi connectivity index (χ3n) is 3.34. The molecule has 0 aliphatic heterocycles. The van der Waals surface area contributed by atoms with Gasteiger partial charge in [0, 0.05) is 12.1 Å². The van der Waals surface area contributed by atoms with Crippen LogP contribution in [-0.2, 0) is 4.74 Å². The van der Waals surface area contributed by atoms with Gasteiger partial charge in [0.05, 0.1) is 14.2 Å². The van der Waals surface area contributed by atoms with Crippen LogP contribution in [0.5, 0.6) is 17.2 Å². The zero-order chi connectivity index (χ0) is 17.2. The number of hydrogen-bond donors (Lipinski definition) is 1. The highest BCUT2D eigenvalue weighted by molar-refractivity contribution is 5.96. The van der Waals surface area contributed by atoms with E-state index in [0.29, 0.717) is 12.2 Å². The Bertz CT molecular complexity index is 530. The van der Waals surface area contributed by atoms with E-state index in [-0.39, 0.29) is 17.1 Å². The van der Waals surface area contributed by atoms with E-state index in [0.717, 1.165) is 19.3 Å². The van der Waals surface area contributed by atoms with E-state index < -0.39 is 18.7 Å². The van der Waals surface area contributed by atoms with Crippen molar-refractivity contribution in [3.8, 4) is 17.2 Å². The normalized spacial score (nSPS) is 11.6. The van der Waals surface area contributed by atoms with Crippen molar-refractivity contribution in [2.24, 2.45) is 0 Å². The van der Waals surface area contributed by atoms with Crippen molar-refractivity contribution in [3.05, 3.63) is 30.4 Å². The molecular weight excluding hydrogens is 303 g/mol. The van der Waals surface area contributed by atoms with Gasteiger partial charge in [-0.2, -0.15) is 0 Å². The number of alkyl halides is 1. The van der Waals surface area contributed by atoms with Crippen LogP contribution in [0.15, 0.2) is 24.8 Å². The van der Waals surface area contributed by atoms with Gasteiger partial charge in [-0.25, -0.2) is 9.18 Å². The Kier molecular flexibility index (Phi) is 7.94. The molecule has 0 saturated heterocycles. The third kappa shape index (κ3) is 5.47. The molecular formula is C17H23FO5. The first-order valence-corrected chi connectivity index (χ1v) is 7.40. The average molecular weight is 326 g/mol. The Balaban J connectivity index is 2.81. The van der Waals surface area contributed by atoms with E-state index in [1.165, 1.54) is 26.4 Å². The molecule has 1 N–H and O–H groups in total. The van der Waals surface area contributed by atoms with Crippen molar-refractivity contribution in [2.75, 3.05) is 20.9 Å². The maximum Gasteiger partial charge on any atom is 0.346 e. The van der Waals surface area contributed by atoms with Crippen molar-refractivity contribution >= 4 is 5.97 Å². The van der Waals surface area contributed by atoms with Gasteiger partial charge < -0.3 is 19.3 Å². The van der Waals surface area contributed by atoms with Crippen molar-refractivity contribution in [1.29, 1.82) is 0 Å². The predicted molar refractivity (Wildman–Crippen MR) is 85.1 cm³/mol. The van der Waals surface area contributed by atoms with Gasteiger partial charge in [-0.15, -0.1) is 6.58 Å².